The van der Waals surface area contributed by atoms with E-state index in [1.54, 1.807) is 54.6 Å². The molecule has 0 spiro atoms. The van der Waals surface area contributed by atoms with Gasteiger partial charge in [-0.3, -0.25) is 0 Å². The van der Waals surface area contributed by atoms with Crippen molar-refractivity contribution in [2.75, 3.05) is 0 Å². The Kier molecular flexibility index (Phi) is 6.77. The van der Waals surface area contributed by atoms with E-state index in [2.05, 4.69) is 20.7 Å². The van der Waals surface area contributed by atoms with Crippen LogP contribution in [0.3, 0.4) is 0 Å². The molecule has 32 heavy (non-hydrogen) atoms. The maximum Gasteiger partial charge on any atom is 0.241 e. The van der Waals surface area contributed by atoms with Crippen LogP contribution in [-0.2, 0) is 14.6 Å². The highest BCUT2D eigenvalue weighted by Crippen LogP contribution is 2.56. The Hall–Kier alpha value is -2.50. The zero-order chi connectivity index (χ0) is 22.6. The van der Waals surface area contributed by atoms with Crippen LogP contribution in [0, 0.1) is 0 Å². The molecule has 0 bridgehead atoms. The number of hydrogen-bond acceptors (Lipinski definition) is 3. The second kappa shape index (κ2) is 9.55. The van der Waals surface area contributed by atoms with Crippen LogP contribution in [0.15, 0.2) is 125 Å². The summed E-state index contributed by atoms with van der Waals surface area (Å²) >= 11 is 3.43. The molecule has 0 aliphatic carbocycles. The van der Waals surface area contributed by atoms with Crippen LogP contribution in [0.1, 0.15) is 11.3 Å². The third-order valence-corrected chi connectivity index (χ3v) is 10.6. The van der Waals surface area contributed by atoms with Crippen LogP contribution >= 0.6 is 23.1 Å². The van der Waals surface area contributed by atoms with Crippen molar-refractivity contribution in [3.63, 3.8) is 0 Å². The van der Waals surface area contributed by atoms with Crippen molar-refractivity contribution < 1.29 is 13.0 Å². The van der Waals surface area contributed by atoms with E-state index in [-0.39, 0.29) is 4.90 Å². The number of sulfonamides is 1. The lowest BCUT2D eigenvalue weighted by Crippen LogP contribution is -2.34. The summed E-state index contributed by atoms with van der Waals surface area (Å²) in [6, 6.07) is 33.5. The predicted molar refractivity (Wildman–Crippen MR) is 133 cm³/mol. The number of rotatable bonds is 7. The quantitative estimate of drug-likeness (QED) is 0.327. The van der Waals surface area contributed by atoms with Gasteiger partial charge in [0.25, 0.3) is 0 Å². The van der Waals surface area contributed by atoms with Gasteiger partial charge in [-0.2, -0.15) is 4.72 Å². The summed E-state index contributed by atoms with van der Waals surface area (Å²) in [5, 5.41) is 1.16. The van der Waals surface area contributed by atoms with E-state index in [9.17, 15) is 13.0 Å². The molecule has 0 radical (unpaired) electrons. The molecule has 1 atom stereocenters. The Morgan fingerprint density at radius 2 is 1.09 bits per heavy atom. The number of halogens is 1. The molecule has 7 heteroatoms. The lowest BCUT2D eigenvalue weighted by atomic mass is 10.2. The van der Waals surface area contributed by atoms with Gasteiger partial charge in [0.2, 0.25) is 10.0 Å². The summed E-state index contributed by atoms with van der Waals surface area (Å²) in [6.45, 7) is 0. The van der Waals surface area contributed by atoms with Gasteiger partial charge < -0.3 is 4.57 Å². The number of hydrogen-bond donors (Lipinski definition) is 1. The first-order valence-corrected chi connectivity index (χ1v) is 14.0. The molecular weight excluding hydrogens is 505 g/mol. The first-order valence-electron chi connectivity index (χ1n) is 9.95. The number of nitrogens with one attached hydrogen (secondary N) is 1. The molecule has 0 aliphatic heterocycles. The minimum atomic E-state index is -3.95. The molecule has 0 fully saturated rings. The predicted octanol–water partition coefficient (Wildman–Crippen LogP) is 5.44. The van der Waals surface area contributed by atoms with Crippen LogP contribution in [0.4, 0.5) is 0 Å². The van der Waals surface area contributed by atoms with Crippen molar-refractivity contribution in [1.29, 1.82) is 0 Å². The summed E-state index contributed by atoms with van der Waals surface area (Å²) in [5.41, 5.74) is 0.615. The minimum Gasteiger partial charge on any atom is -0.312 e. The molecule has 162 valence electrons. The van der Waals surface area contributed by atoms with Gasteiger partial charge in [0.15, 0.2) is 7.14 Å². The monoisotopic (exact) mass is 525 g/mol. The highest BCUT2D eigenvalue weighted by molar-refractivity contribution is 9.10. The molecule has 0 aliphatic rings. The zero-order valence-electron chi connectivity index (χ0n) is 17.0. The van der Waals surface area contributed by atoms with E-state index in [1.165, 1.54) is 12.1 Å². The zero-order valence-corrected chi connectivity index (χ0v) is 20.3. The summed E-state index contributed by atoms with van der Waals surface area (Å²) in [6.07, 6.45) is 0. The van der Waals surface area contributed by atoms with Crippen LogP contribution in [0.25, 0.3) is 0 Å². The third-order valence-electron chi connectivity index (χ3n) is 5.15. The number of benzene rings is 4. The van der Waals surface area contributed by atoms with Gasteiger partial charge in [-0.05, 0) is 29.8 Å². The molecule has 0 amide bonds. The molecule has 0 aromatic heterocycles. The van der Waals surface area contributed by atoms with Crippen molar-refractivity contribution in [3.8, 4) is 0 Å². The molecule has 1 N–H and O–H groups in total. The first kappa shape index (κ1) is 22.7. The molecule has 4 rings (SSSR count). The van der Waals surface area contributed by atoms with E-state index in [0.29, 0.717) is 16.2 Å². The Morgan fingerprint density at radius 3 is 1.56 bits per heavy atom. The average Bonchev–Trinajstić information content (AvgIpc) is 2.84. The van der Waals surface area contributed by atoms with Gasteiger partial charge in [-0.1, -0.05) is 107 Å². The van der Waals surface area contributed by atoms with Gasteiger partial charge in [-0.15, -0.1) is 0 Å². The van der Waals surface area contributed by atoms with Crippen LogP contribution < -0.4 is 15.3 Å². The fourth-order valence-electron chi connectivity index (χ4n) is 3.56. The largest absolute Gasteiger partial charge is 0.312 e. The normalized spacial score (nSPS) is 12.9. The minimum absolute atomic E-state index is 0.120. The molecule has 4 aromatic rings. The second-order valence-electron chi connectivity index (χ2n) is 7.22. The Bertz CT molecular complexity index is 1290. The molecule has 0 unspecified atom stereocenters. The van der Waals surface area contributed by atoms with Crippen molar-refractivity contribution >= 4 is 43.7 Å². The van der Waals surface area contributed by atoms with Gasteiger partial charge in [0.05, 0.1) is 4.90 Å². The van der Waals surface area contributed by atoms with E-state index < -0.39 is 22.9 Å². The summed E-state index contributed by atoms with van der Waals surface area (Å²) in [7, 11) is -7.44. The summed E-state index contributed by atoms with van der Waals surface area (Å²) in [5.74, 6) is -0.995. The molecule has 0 saturated carbocycles. The van der Waals surface area contributed by atoms with Gasteiger partial charge in [-0.25, -0.2) is 8.42 Å². The fourth-order valence-corrected chi connectivity index (χ4v) is 8.63. The fraction of sp³-hybridized carbons (Fsp3) is 0.0400. The summed E-state index contributed by atoms with van der Waals surface area (Å²) < 4.78 is 45.3. The lowest BCUT2D eigenvalue weighted by Gasteiger charge is -2.30. The Morgan fingerprint density at radius 1 is 0.656 bits per heavy atom. The van der Waals surface area contributed by atoms with Gasteiger partial charge >= 0.3 is 0 Å². The van der Waals surface area contributed by atoms with E-state index >= 15 is 0 Å². The molecule has 4 aromatic carbocycles. The highest BCUT2D eigenvalue weighted by Gasteiger charge is 2.40. The van der Waals surface area contributed by atoms with Crippen LogP contribution in [0.5, 0.6) is 0 Å². The maximum atomic E-state index is 15.0. The SMILES string of the molecule is O=P(c1ccccc1)(c1ccccc1)[C@@H](NS(=O)(=O)c1ccccc1)c1ccc(Br)cc1. The lowest BCUT2D eigenvalue weighted by molar-refractivity contribution is 0.560. The highest BCUT2D eigenvalue weighted by atomic mass is 79.9. The first-order chi connectivity index (χ1) is 15.4. The smallest absolute Gasteiger partial charge is 0.241 e. The van der Waals surface area contributed by atoms with Crippen molar-refractivity contribution in [2.45, 2.75) is 10.7 Å². The van der Waals surface area contributed by atoms with Crippen LogP contribution in [-0.4, -0.2) is 8.42 Å². The van der Waals surface area contributed by atoms with Crippen molar-refractivity contribution in [2.24, 2.45) is 0 Å². The Balaban J connectivity index is 1.94. The second-order valence-corrected chi connectivity index (χ2v) is 12.7. The van der Waals surface area contributed by atoms with Crippen molar-refractivity contribution in [3.05, 3.63) is 125 Å². The Labute approximate surface area is 196 Å². The molecular formula is C25H21BrNO3PS. The van der Waals surface area contributed by atoms with E-state index in [4.69, 9.17) is 0 Å². The van der Waals surface area contributed by atoms with Crippen LogP contribution in [0.2, 0.25) is 0 Å². The van der Waals surface area contributed by atoms with E-state index in [1.807, 2.05) is 48.5 Å². The molecule has 4 nitrogen and oxygen atoms in total. The summed E-state index contributed by atoms with van der Waals surface area (Å²) in [4.78, 5) is 0.120. The maximum absolute atomic E-state index is 15.0. The molecule has 0 heterocycles. The van der Waals surface area contributed by atoms with Gasteiger partial charge in [0, 0.05) is 15.1 Å². The van der Waals surface area contributed by atoms with E-state index in [0.717, 1.165) is 4.47 Å². The standard InChI is InChI=1S/C25H21BrNO3PS/c26-21-18-16-20(17-19-21)25(27-32(29,30)24-14-8-3-9-15-24)31(28,22-10-4-1-5-11-22)23-12-6-2-7-13-23/h1-19,25,27H/t25-/m1/s1. The molecule has 0 saturated heterocycles. The third kappa shape index (κ3) is 4.64. The average molecular weight is 526 g/mol. The topological polar surface area (TPSA) is 63.2 Å². The van der Waals surface area contributed by atoms with Crippen molar-refractivity contribution in [1.82, 2.24) is 4.72 Å². The van der Waals surface area contributed by atoms with Gasteiger partial charge in [0.1, 0.15) is 5.78 Å².